The number of hydrogen-bond donors (Lipinski definition) is 0. The van der Waals surface area contributed by atoms with Gasteiger partial charge >= 0.3 is 0 Å². The normalized spacial score (nSPS) is 16.0. The lowest BCUT2D eigenvalue weighted by molar-refractivity contribution is 0.714. The molecule has 0 saturated carbocycles. The van der Waals surface area contributed by atoms with Crippen LogP contribution in [0.1, 0.15) is 45.9 Å². The van der Waals surface area contributed by atoms with Crippen LogP contribution in [0.25, 0.3) is 53.6 Å². The molecular weight excluding hydrogens is 766 g/mol. The first-order valence-corrected chi connectivity index (χ1v) is 21.9. The van der Waals surface area contributed by atoms with Crippen LogP contribution in [0.5, 0.6) is 0 Å². The predicted octanol–water partition coefficient (Wildman–Crippen LogP) is 15.9. The molecule has 3 aliphatic carbocycles. The summed E-state index contributed by atoms with van der Waals surface area (Å²) in [5.41, 5.74) is 19.8. The van der Waals surface area contributed by atoms with E-state index in [0.717, 1.165) is 27.5 Å². The number of halogens is 1. The van der Waals surface area contributed by atoms with Gasteiger partial charge in [0.25, 0.3) is 0 Å². The molecule has 1 heterocycles. The second-order valence-electron chi connectivity index (χ2n) is 16.6. The van der Waals surface area contributed by atoms with Gasteiger partial charge in [-0.2, -0.15) is 0 Å². The van der Waals surface area contributed by atoms with Gasteiger partial charge in [0.15, 0.2) is 0 Å². The maximum Gasteiger partial charge on any atom is 0.0725 e. The van der Waals surface area contributed by atoms with Crippen molar-refractivity contribution in [3.05, 3.63) is 244 Å². The quantitative estimate of drug-likeness (QED) is 0.171. The van der Waals surface area contributed by atoms with E-state index in [9.17, 15) is 0 Å². The molecule has 10 aromatic rings. The number of nitrogens with zero attached hydrogens (tertiary/aromatic N) is 1. The molecule has 13 rings (SSSR count). The van der Waals surface area contributed by atoms with E-state index in [4.69, 9.17) is 11.6 Å². The Morgan fingerprint density at radius 1 is 0.400 bits per heavy atom. The molecule has 1 spiro atoms. The van der Waals surface area contributed by atoms with Crippen LogP contribution in [0.2, 0.25) is 5.02 Å². The van der Waals surface area contributed by atoms with Crippen molar-refractivity contribution in [1.29, 1.82) is 0 Å². The number of rotatable bonds is 4. The molecule has 0 N–H and O–H groups in total. The number of fused-ring (bicyclic) bond motifs is 16. The SMILES string of the molecule is CC1(c2ccccc2)c2ccccc2-c2cc(N(c3ccc4c(c3)-c3ccccc3C43c4ccccc4-c4ccccc43)c3ccc4c(c3)sc3cccc(Cl)c34)ccc21. The van der Waals surface area contributed by atoms with Crippen molar-refractivity contribution >= 4 is 60.2 Å². The maximum absolute atomic E-state index is 6.84. The molecule has 60 heavy (non-hydrogen) atoms. The molecule has 1 unspecified atom stereocenters. The first-order chi connectivity index (χ1) is 29.5. The molecule has 0 aliphatic heterocycles. The highest BCUT2D eigenvalue weighted by Crippen LogP contribution is 2.63. The molecule has 1 aromatic heterocycles. The van der Waals surface area contributed by atoms with Gasteiger partial charge < -0.3 is 4.90 Å². The molecule has 1 nitrogen and oxygen atoms in total. The minimum atomic E-state index is -0.392. The van der Waals surface area contributed by atoms with Gasteiger partial charge in [-0.15, -0.1) is 11.3 Å². The minimum absolute atomic E-state index is 0.273. The average Bonchev–Trinajstić information content (AvgIpc) is 4.00. The van der Waals surface area contributed by atoms with Crippen molar-refractivity contribution in [1.82, 2.24) is 0 Å². The zero-order chi connectivity index (χ0) is 39.7. The van der Waals surface area contributed by atoms with Crippen LogP contribution in [0.4, 0.5) is 17.1 Å². The van der Waals surface area contributed by atoms with Crippen molar-refractivity contribution in [3.8, 4) is 33.4 Å². The summed E-state index contributed by atoms with van der Waals surface area (Å²) in [4.78, 5) is 2.47. The van der Waals surface area contributed by atoms with E-state index in [1.807, 2.05) is 6.07 Å². The van der Waals surface area contributed by atoms with E-state index in [1.54, 1.807) is 11.3 Å². The third kappa shape index (κ3) is 4.37. The van der Waals surface area contributed by atoms with E-state index in [1.165, 1.54) is 87.1 Å². The predicted molar refractivity (Wildman–Crippen MR) is 253 cm³/mol. The van der Waals surface area contributed by atoms with Gasteiger partial charge in [-0.05, 0) is 128 Å². The first-order valence-electron chi connectivity index (χ1n) is 20.7. The Labute approximate surface area is 358 Å². The lowest BCUT2D eigenvalue weighted by atomic mass is 9.70. The molecular formula is C57H36ClNS. The van der Waals surface area contributed by atoms with Gasteiger partial charge in [-0.3, -0.25) is 0 Å². The van der Waals surface area contributed by atoms with Crippen LogP contribution in [-0.2, 0) is 10.8 Å². The number of thiophene rings is 1. The smallest absolute Gasteiger partial charge is 0.0725 e. The van der Waals surface area contributed by atoms with Crippen LogP contribution in [-0.4, -0.2) is 0 Å². The zero-order valence-electron chi connectivity index (χ0n) is 32.8. The summed E-state index contributed by atoms with van der Waals surface area (Å²) >= 11 is 8.65. The zero-order valence-corrected chi connectivity index (χ0v) is 34.4. The summed E-state index contributed by atoms with van der Waals surface area (Å²) in [6.07, 6.45) is 0. The van der Waals surface area contributed by atoms with Gasteiger partial charge in [0.1, 0.15) is 0 Å². The van der Waals surface area contributed by atoms with Crippen LogP contribution in [0.3, 0.4) is 0 Å². The topological polar surface area (TPSA) is 3.24 Å². The van der Waals surface area contributed by atoms with Crippen molar-refractivity contribution in [2.75, 3.05) is 4.90 Å². The van der Waals surface area contributed by atoms with E-state index in [0.29, 0.717) is 0 Å². The summed E-state index contributed by atoms with van der Waals surface area (Å²) in [5, 5.41) is 3.11. The first kappa shape index (κ1) is 34.2. The van der Waals surface area contributed by atoms with Crippen molar-refractivity contribution < 1.29 is 0 Å². The standard InChI is InChI=1S/C57H36ClNS/c1-56(35-14-3-2-4-15-35)46-20-9-5-18-41(46)44-32-36(27-30-47(44)56)59(38-26-29-43-54(34-38)60-53-25-13-24-52(58)55(43)53)37-28-31-51-45(33-37)42-19-8-12-23-50(42)57(51)48-21-10-6-16-39(48)40-17-7-11-22-49(40)57/h2-34H,1H3. The highest BCUT2D eigenvalue weighted by molar-refractivity contribution is 7.26. The summed E-state index contributed by atoms with van der Waals surface area (Å²) in [6, 6.07) is 74.6. The van der Waals surface area contributed by atoms with Crippen LogP contribution >= 0.6 is 22.9 Å². The summed E-state index contributed by atoms with van der Waals surface area (Å²) in [7, 11) is 0. The second kappa shape index (κ2) is 12.4. The number of hydrogen-bond acceptors (Lipinski definition) is 2. The summed E-state index contributed by atoms with van der Waals surface area (Å²) in [6.45, 7) is 2.39. The monoisotopic (exact) mass is 801 g/mol. The third-order valence-electron chi connectivity index (χ3n) is 13.8. The molecule has 0 bridgehead atoms. The third-order valence-corrected chi connectivity index (χ3v) is 15.3. The molecule has 0 radical (unpaired) electrons. The van der Waals surface area contributed by atoms with Crippen molar-refractivity contribution in [2.24, 2.45) is 0 Å². The molecule has 0 saturated heterocycles. The van der Waals surface area contributed by atoms with E-state index in [-0.39, 0.29) is 5.41 Å². The molecule has 0 fully saturated rings. The van der Waals surface area contributed by atoms with E-state index in [2.05, 4.69) is 206 Å². The summed E-state index contributed by atoms with van der Waals surface area (Å²) in [5.74, 6) is 0. The van der Waals surface area contributed by atoms with Crippen LogP contribution in [0, 0.1) is 0 Å². The lowest BCUT2D eigenvalue weighted by Gasteiger charge is -2.31. The van der Waals surface area contributed by atoms with E-state index < -0.39 is 5.41 Å². The van der Waals surface area contributed by atoms with Gasteiger partial charge in [0, 0.05) is 47.7 Å². The highest BCUT2D eigenvalue weighted by atomic mass is 35.5. The van der Waals surface area contributed by atoms with Gasteiger partial charge in [-0.1, -0.05) is 163 Å². The Bertz CT molecular complexity index is 3390. The van der Waals surface area contributed by atoms with Crippen molar-refractivity contribution in [2.45, 2.75) is 17.8 Å². The largest absolute Gasteiger partial charge is 0.310 e. The molecule has 3 aliphatic rings. The van der Waals surface area contributed by atoms with Gasteiger partial charge in [-0.25, -0.2) is 0 Å². The maximum atomic E-state index is 6.84. The Hall–Kier alpha value is -6.71. The van der Waals surface area contributed by atoms with Crippen molar-refractivity contribution in [3.63, 3.8) is 0 Å². The Morgan fingerprint density at radius 2 is 0.867 bits per heavy atom. The average molecular weight is 802 g/mol. The number of benzene rings is 9. The minimum Gasteiger partial charge on any atom is -0.310 e. The molecule has 9 aromatic carbocycles. The number of anilines is 3. The van der Waals surface area contributed by atoms with Gasteiger partial charge in [0.2, 0.25) is 0 Å². The Balaban J connectivity index is 1.06. The molecule has 3 heteroatoms. The van der Waals surface area contributed by atoms with Gasteiger partial charge in [0.05, 0.1) is 5.41 Å². The molecule has 0 amide bonds. The van der Waals surface area contributed by atoms with E-state index >= 15 is 0 Å². The highest BCUT2D eigenvalue weighted by Gasteiger charge is 2.51. The fourth-order valence-electron chi connectivity index (χ4n) is 11.3. The molecule has 282 valence electrons. The molecule has 1 atom stereocenters. The van der Waals surface area contributed by atoms with Crippen LogP contribution in [0.15, 0.2) is 200 Å². The fraction of sp³-hybridized carbons (Fsp3) is 0.0526. The Morgan fingerprint density at radius 3 is 1.52 bits per heavy atom. The van der Waals surface area contributed by atoms with Crippen LogP contribution < -0.4 is 4.90 Å². The lowest BCUT2D eigenvalue weighted by Crippen LogP contribution is -2.25. The summed E-state index contributed by atoms with van der Waals surface area (Å²) < 4.78 is 2.42. The Kier molecular flexibility index (Phi) is 7.07. The fourth-order valence-corrected chi connectivity index (χ4v) is 12.8. The second-order valence-corrected chi connectivity index (χ2v) is 18.1.